The number of nitrogen functional groups attached to an aromatic ring is 1. The van der Waals surface area contributed by atoms with Crippen molar-refractivity contribution in [2.75, 3.05) is 26.0 Å². The molecule has 5 heteroatoms. The number of hydrogen-bond acceptors (Lipinski definition) is 4. The van der Waals surface area contributed by atoms with E-state index < -0.39 is 0 Å². The lowest BCUT2D eigenvalue weighted by Crippen LogP contribution is -2.24. The number of imidazole rings is 1. The molecule has 0 spiro atoms. The zero-order valence-electron chi connectivity index (χ0n) is 11.1. The summed E-state index contributed by atoms with van der Waals surface area (Å²) in [7, 11) is 1.71. The molecule has 1 atom stereocenters. The Morgan fingerprint density at radius 3 is 2.82 bits per heavy atom. The van der Waals surface area contributed by atoms with Crippen LogP contribution in [0.4, 0.5) is 5.82 Å². The highest BCUT2D eigenvalue weighted by Crippen LogP contribution is 2.21. The molecule has 98 valence electrons. The van der Waals surface area contributed by atoms with Gasteiger partial charge in [-0.2, -0.15) is 0 Å². The van der Waals surface area contributed by atoms with Gasteiger partial charge in [0.05, 0.1) is 18.1 Å². The van der Waals surface area contributed by atoms with Crippen LogP contribution in [0, 0.1) is 0 Å². The van der Waals surface area contributed by atoms with Crippen LogP contribution in [0.25, 0.3) is 0 Å². The highest BCUT2D eigenvalue weighted by Gasteiger charge is 2.17. The van der Waals surface area contributed by atoms with Crippen LogP contribution in [0.3, 0.4) is 0 Å². The molecule has 0 bridgehead atoms. The van der Waals surface area contributed by atoms with Gasteiger partial charge >= 0.3 is 0 Å². The molecule has 1 aromatic rings. The smallest absolute Gasteiger partial charge is 0.128 e. The first-order chi connectivity index (χ1) is 8.24. The highest BCUT2D eigenvalue weighted by molar-refractivity contribution is 5.38. The molecule has 1 rings (SSSR count). The summed E-state index contributed by atoms with van der Waals surface area (Å²) in [5, 5.41) is 3.46. The van der Waals surface area contributed by atoms with Gasteiger partial charge in [-0.15, -0.1) is 0 Å². The molecule has 0 saturated carbocycles. The van der Waals surface area contributed by atoms with Crippen molar-refractivity contribution in [1.29, 1.82) is 0 Å². The Balaban J connectivity index is 2.75. The molecule has 1 aromatic heterocycles. The summed E-state index contributed by atoms with van der Waals surface area (Å²) in [5.41, 5.74) is 7.02. The van der Waals surface area contributed by atoms with Crippen LogP contribution in [0.1, 0.15) is 38.4 Å². The number of ether oxygens (including phenoxy) is 1. The lowest BCUT2D eigenvalue weighted by molar-refractivity contribution is 0.182. The SMILES string of the molecule is CCCNC(CCOC)c1ncn(CC)c1N. The summed E-state index contributed by atoms with van der Waals surface area (Å²) in [6, 6.07) is 0.183. The zero-order valence-corrected chi connectivity index (χ0v) is 11.1. The van der Waals surface area contributed by atoms with Crippen molar-refractivity contribution in [2.24, 2.45) is 0 Å². The largest absolute Gasteiger partial charge is 0.385 e. The number of rotatable bonds is 8. The first-order valence-corrected chi connectivity index (χ1v) is 6.27. The van der Waals surface area contributed by atoms with Gasteiger partial charge in [-0.3, -0.25) is 0 Å². The van der Waals surface area contributed by atoms with Crippen LogP contribution in [0.5, 0.6) is 0 Å². The average Bonchev–Trinajstić information content (AvgIpc) is 2.71. The predicted molar refractivity (Wildman–Crippen MR) is 69.8 cm³/mol. The third kappa shape index (κ3) is 3.71. The van der Waals surface area contributed by atoms with Crippen molar-refractivity contribution in [1.82, 2.24) is 14.9 Å². The molecule has 0 aliphatic rings. The Kier molecular flexibility index (Phi) is 6.00. The van der Waals surface area contributed by atoms with Crippen LogP contribution in [-0.2, 0) is 11.3 Å². The maximum absolute atomic E-state index is 6.08. The van der Waals surface area contributed by atoms with E-state index in [4.69, 9.17) is 10.5 Å². The van der Waals surface area contributed by atoms with E-state index in [0.717, 1.165) is 37.4 Å². The van der Waals surface area contributed by atoms with E-state index in [1.54, 1.807) is 13.4 Å². The topological polar surface area (TPSA) is 65.1 Å². The minimum absolute atomic E-state index is 0.183. The Morgan fingerprint density at radius 1 is 1.53 bits per heavy atom. The van der Waals surface area contributed by atoms with Crippen LogP contribution in [0.15, 0.2) is 6.33 Å². The molecule has 5 nitrogen and oxygen atoms in total. The molecule has 0 amide bonds. The van der Waals surface area contributed by atoms with Crippen molar-refractivity contribution >= 4 is 5.82 Å². The predicted octanol–water partition coefficient (Wildman–Crippen LogP) is 1.56. The number of aromatic nitrogens is 2. The zero-order chi connectivity index (χ0) is 12.7. The number of methoxy groups -OCH3 is 1. The molecule has 0 saturated heterocycles. The number of nitrogens with two attached hydrogens (primary N) is 1. The van der Waals surface area contributed by atoms with Gasteiger partial charge in [-0.1, -0.05) is 6.92 Å². The molecule has 1 unspecified atom stereocenters. The third-order valence-electron chi connectivity index (χ3n) is 2.83. The van der Waals surface area contributed by atoms with E-state index in [9.17, 15) is 0 Å². The second-order valence-corrected chi connectivity index (χ2v) is 4.09. The maximum atomic E-state index is 6.08. The molecule has 0 aromatic carbocycles. The van der Waals surface area contributed by atoms with Crippen molar-refractivity contribution < 1.29 is 4.74 Å². The fraction of sp³-hybridized carbons (Fsp3) is 0.750. The lowest BCUT2D eigenvalue weighted by atomic mass is 10.1. The second kappa shape index (κ2) is 7.29. The molecular formula is C12H24N4O. The number of nitrogens with zero attached hydrogens (tertiary/aromatic N) is 2. The highest BCUT2D eigenvalue weighted by atomic mass is 16.5. The maximum Gasteiger partial charge on any atom is 0.128 e. The Morgan fingerprint density at radius 2 is 2.29 bits per heavy atom. The van der Waals surface area contributed by atoms with Gasteiger partial charge in [0.25, 0.3) is 0 Å². The first kappa shape index (κ1) is 14.0. The minimum atomic E-state index is 0.183. The van der Waals surface area contributed by atoms with Crippen molar-refractivity contribution in [3.8, 4) is 0 Å². The summed E-state index contributed by atoms with van der Waals surface area (Å²) in [5.74, 6) is 0.761. The normalized spacial score (nSPS) is 12.9. The Bertz CT molecular complexity index is 316. The van der Waals surface area contributed by atoms with Crippen LogP contribution < -0.4 is 11.1 Å². The van der Waals surface area contributed by atoms with E-state index in [2.05, 4.69) is 24.1 Å². The van der Waals surface area contributed by atoms with Crippen LogP contribution in [-0.4, -0.2) is 29.8 Å². The van der Waals surface area contributed by atoms with Crippen molar-refractivity contribution in [3.05, 3.63) is 12.0 Å². The van der Waals surface area contributed by atoms with E-state index in [-0.39, 0.29) is 6.04 Å². The summed E-state index contributed by atoms with van der Waals surface area (Å²) in [4.78, 5) is 4.41. The monoisotopic (exact) mass is 240 g/mol. The Hall–Kier alpha value is -1.07. The van der Waals surface area contributed by atoms with Gasteiger partial charge < -0.3 is 20.4 Å². The summed E-state index contributed by atoms with van der Waals surface area (Å²) < 4.78 is 7.09. The van der Waals surface area contributed by atoms with Crippen LogP contribution in [0.2, 0.25) is 0 Å². The summed E-state index contributed by atoms with van der Waals surface area (Å²) >= 11 is 0. The fourth-order valence-corrected chi connectivity index (χ4v) is 1.82. The minimum Gasteiger partial charge on any atom is -0.385 e. The standard InChI is InChI=1S/C12H24N4O/c1-4-7-14-10(6-8-17-3)11-12(13)16(5-2)9-15-11/h9-10,14H,4-8,13H2,1-3H3. The summed E-state index contributed by atoms with van der Waals surface area (Å²) in [6.45, 7) is 6.73. The summed E-state index contributed by atoms with van der Waals surface area (Å²) in [6.07, 6.45) is 3.79. The van der Waals surface area contributed by atoms with Gasteiger partial charge in [0, 0.05) is 20.3 Å². The average molecular weight is 240 g/mol. The van der Waals surface area contributed by atoms with Crippen LogP contribution >= 0.6 is 0 Å². The Labute approximate surface area is 103 Å². The number of nitrogens with one attached hydrogen (secondary N) is 1. The van der Waals surface area contributed by atoms with Gasteiger partial charge in [0.1, 0.15) is 5.82 Å². The fourth-order valence-electron chi connectivity index (χ4n) is 1.82. The molecule has 3 N–H and O–H groups in total. The molecule has 0 fully saturated rings. The van der Waals surface area contributed by atoms with Crippen molar-refractivity contribution in [3.63, 3.8) is 0 Å². The first-order valence-electron chi connectivity index (χ1n) is 6.27. The second-order valence-electron chi connectivity index (χ2n) is 4.09. The molecule has 17 heavy (non-hydrogen) atoms. The van der Waals surface area contributed by atoms with Crippen molar-refractivity contribution in [2.45, 2.75) is 39.3 Å². The quantitative estimate of drug-likeness (QED) is 0.724. The van der Waals surface area contributed by atoms with E-state index >= 15 is 0 Å². The molecular weight excluding hydrogens is 216 g/mol. The van der Waals surface area contributed by atoms with Gasteiger partial charge in [0.2, 0.25) is 0 Å². The molecule has 0 aliphatic carbocycles. The third-order valence-corrected chi connectivity index (χ3v) is 2.83. The van der Waals surface area contributed by atoms with Gasteiger partial charge in [-0.05, 0) is 26.3 Å². The number of anilines is 1. The van der Waals surface area contributed by atoms with Gasteiger partial charge in [-0.25, -0.2) is 4.98 Å². The van der Waals surface area contributed by atoms with E-state index in [1.165, 1.54) is 0 Å². The molecule has 0 radical (unpaired) electrons. The number of aryl methyl sites for hydroxylation is 1. The lowest BCUT2D eigenvalue weighted by Gasteiger charge is -2.17. The van der Waals surface area contributed by atoms with E-state index in [0.29, 0.717) is 6.61 Å². The molecule has 1 heterocycles. The number of hydrogen-bond donors (Lipinski definition) is 2. The van der Waals surface area contributed by atoms with E-state index in [1.807, 2.05) is 4.57 Å². The van der Waals surface area contributed by atoms with Gasteiger partial charge in [0.15, 0.2) is 0 Å². The molecule has 0 aliphatic heterocycles.